The zero-order valence-corrected chi connectivity index (χ0v) is 26.3. The molecule has 0 N–H and O–H groups in total. The number of hydrogen-bond donors (Lipinski definition) is 0. The Kier molecular flexibility index (Phi) is 6.58. The van der Waals surface area contributed by atoms with E-state index >= 15 is 0 Å². The highest BCUT2D eigenvalue weighted by Crippen LogP contribution is 2.63. The second-order valence-corrected chi connectivity index (χ2v) is 11.9. The van der Waals surface area contributed by atoms with Gasteiger partial charge < -0.3 is 9.31 Å². The van der Waals surface area contributed by atoms with Gasteiger partial charge in [-0.25, -0.2) is 0 Å². The van der Waals surface area contributed by atoms with Crippen molar-refractivity contribution in [1.29, 1.82) is 0 Å². The summed E-state index contributed by atoms with van der Waals surface area (Å²) in [5, 5.41) is 2.44. The number of rotatable bonds is 1. The third-order valence-electron chi connectivity index (χ3n) is 9.54. The monoisotopic (exact) mass is 556 g/mol. The van der Waals surface area contributed by atoms with E-state index in [4.69, 9.17) is 9.31 Å². The lowest BCUT2D eigenvalue weighted by Gasteiger charge is -2.32. The smallest absolute Gasteiger partial charge is 0.399 e. The molecule has 3 aliphatic rings. The van der Waals surface area contributed by atoms with E-state index in [1.165, 1.54) is 55.3 Å². The topological polar surface area (TPSA) is 18.5 Å². The fourth-order valence-electron chi connectivity index (χ4n) is 7.14. The van der Waals surface area contributed by atoms with Gasteiger partial charge in [-0.05, 0) is 88.4 Å². The molecule has 4 heteroatoms. The molecule has 0 saturated carbocycles. The molecule has 5 aromatic carbocycles. The molecule has 8 rings (SSSR count). The predicted molar refractivity (Wildman–Crippen MR) is 178 cm³/mol. The summed E-state index contributed by atoms with van der Waals surface area (Å²) >= 11 is 0. The minimum absolute atomic E-state index is 0. The summed E-state index contributed by atoms with van der Waals surface area (Å²) in [5.41, 5.74) is 10.5. The van der Waals surface area contributed by atoms with E-state index in [1.54, 1.807) is 0 Å². The molecular formula is C37H38BO2P. The maximum absolute atomic E-state index is 6.66. The number of benzene rings is 5. The molecule has 41 heavy (non-hydrogen) atoms. The van der Waals surface area contributed by atoms with Gasteiger partial charge in [0.2, 0.25) is 0 Å². The fourth-order valence-corrected chi connectivity index (χ4v) is 7.14. The average Bonchev–Trinajstić information content (AvgIpc) is 3.53. The van der Waals surface area contributed by atoms with Crippen LogP contribution in [-0.4, -0.2) is 18.3 Å². The molecule has 1 atom stereocenters. The molecule has 206 valence electrons. The summed E-state index contributed by atoms with van der Waals surface area (Å²) in [4.78, 5) is 0. The highest BCUT2D eigenvalue weighted by atomic mass is 31.0. The third kappa shape index (κ3) is 3.56. The van der Waals surface area contributed by atoms with Crippen molar-refractivity contribution in [3.63, 3.8) is 0 Å². The van der Waals surface area contributed by atoms with Crippen LogP contribution in [0.5, 0.6) is 0 Å². The first-order chi connectivity index (χ1) is 19.3. The second kappa shape index (κ2) is 9.67. The molecule has 1 spiro atoms. The first-order valence-corrected chi connectivity index (χ1v) is 14.6. The third-order valence-corrected chi connectivity index (χ3v) is 9.54. The molecule has 0 bridgehead atoms. The molecule has 1 heterocycles. The number of hydrogen-bond acceptors (Lipinski definition) is 2. The molecular weight excluding hydrogens is 518 g/mol. The SMILES string of the molecule is CC.CC1(C)OB(c2cc3c(c4ccccc24)-c2ccccc2C32c3ccccc3-c3ccccc32)OC1(C)C.P. The lowest BCUT2D eigenvalue weighted by molar-refractivity contribution is 0.00578. The van der Waals surface area contributed by atoms with Crippen LogP contribution in [0.25, 0.3) is 33.0 Å². The van der Waals surface area contributed by atoms with E-state index in [9.17, 15) is 0 Å². The van der Waals surface area contributed by atoms with Gasteiger partial charge in [-0.2, -0.15) is 9.90 Å². The fraction of sp³-hybridized carbons (Fsp3) is 0.243. The van der Waals surface area contributed by atoms with Crippen molar-refractivity contribution in [2.45, 2.75) is 58.2 Å². The predicted octanol–water partition coefficient (Wildman–Crippen LogP) is 8.57. The lowest BCUT2D eigenvalue weighted by Crippen LogP contribution is -2.41. The average molecular weight is 556 g/mol. The maximum atomic E-state index is 6.66. The Hall–Kier alpha value is -3.23. The second-order valence-electron chi connectivity index (χ2n) is 11.9. The largest absolute Gasteiger partial charge is 0.495 e. The van der Waals surface area contributed by atoms with Gasteiger partial charge >= 0.3 is 7.12 Å². The van der Waals surface area contributed by atoms with Crippen LogP contribution in [-0.2, 0) is 14.7 Å². The van der Waals surface area contributed by atoms with E-state index < -0.39 is 18.3 Å². The molecule has 2 aliphatic carbocycles. The highest BCUT2D eigenvalue weighted by Gasteiger charge is 2.55. The van der Waals surface area contributed by atoms with Gasteiger partial charge in [0, 0.05) is 0 Å². The Morgan fingerprint density at radius 1 is 0.512 bits per heavy atom. The maximum Gasteiger partial charge on any atom is 0.495 e. The van der Waals surface area contributed by atoms with E-state index in [2.05, 4.69) is 131 Å². The molecule has 0 amide bonds. The molecule has 1 aliphatic heterocycles. The van der Waals surface area contributed by atoms with Crippen LogP contribution in [0.2, 0.25) is 0 Å². The molecule has 2 nitrogen and oxygen atoms in total. The Bertz CT molecular complexity index is 1740. The van der Waals surface area contributed by atoms with Gasteiger partial charge in [0.1, 0.15) is 0 Å². The van der Waals surface area contributed by atoms with Crippen LogP contribution in [0.3, 0.4) is 0 Å². The van der Waals surface area contributed by atoms with Crippen LogP contribution in [0.15, 0.2) is 103 Å². The van der Waals surface area contributed by atoms with Crippen molar-refractivity contribution >= 4 is 33.3 Å². The summed E-state index contributed by atoms with van der Waals surface area (Å²) in [7, 11) is -0.442. The normalized spacial score (nSPS) is 17.7. The van der Waals surface area contributed by atoms with Gasteiger partial charge in [0.25, 0.3) is 0 Å². The molecule has 0 radical (unpaired) electrons. The summed E-state index contributed by atoms with van der Waals surface area (Å²) in [5.74, 6) is 0. The summed E-state index contributed by atoms with van der Waals surface area (Å²) in [6.45, 7) is 12.5. The standard InChI is InChI=1S/C35H29BO2.C2H6.H3P/c1-33(2)34(3,4)38-36(37-33)31-21-30-32(25-16-6-5-15-24(25)31)26-17-9-12-20-29(26)35(30)27-18-10-7-13-22(27)23-14-8-11-19-28(23)35;1-2;/h5-21H,1-4H3;1-2H3;1H3. The molecule has 0 aromatic heterocycles. The van der Waals surface area contributed by atoms with E-state index in [0.29, 0.717) is 0 Å². The van der Waals surface area contributed by atoms with Crippen LogP contribution in [0.1, 0.15) is 63.8 Å². The summed E-state index contributed by atoms with van der Waals surface area (Å²) in [6.07, 6.45) is 0. The van der Waals surface area contributed by atoms with Crippen LogP contribution in [0.4, 0.5) is 0 Å². The van der Waals surface area contributed by atoms with Gasteiger partial charge in [-0.15, -0.1) is 0 Å². The van der Waals surface area contributed by atoms with E-state index in [-0.39, 0.29) is 15.3 Å². The first kappa shape index (κ1) is 27.9. The minimum atomic E-state index is -0.442. The Morgan fingerprint density at radius 3 is 1.46 bits per heavy atom. The quantitative estimate of drug-likeness (QED) is 0.149. The summed E-state index contributed by atoms with van der Waals surface area (Å²) < 4.78 is 13.3. The Labute approximate surface area is 247 Å². The van der Waals surface area contributed by atoms with Crippen molar-refractivity contribution in [1.82, 2.24) is 0 Å². The Balaban J connectivity index is 0.000000987. The number of fused-ring (bicyclic) bond motifs is 12. The van der Waals surface area contributed by atoms with Gasteiger partial charge in [-0.3, -0.25) is 0 Å². The van der Waals surface area contributed by atoms with Gasteiger partial charge in [0.05, 0.1) is 16.6 Å². The first-order valence-electron chi connectivity index (χ1n) is 14.6. The molecule has 5 aromatic rings. The van der Waals surface area contributed by atoms with Crippen LogP contribution < -0.4 is 5.46 Å². The van der Waals surface area contributed by atoms with Gasteiger partial charge in [-0.1, -0.05) is 117 Å². The van der Waals surface area contributed by atoms with Crippen LogP contribution in [0, 0.1) is 0 Å². The van der Waals surface area contributed by atoms with Crippen molar-refractivity contribution in [2.75, 3.05) is 0 Å². The molecule has 1 unspecified atom stereocenters. The van der Waals surface area contributed by atoms with Gasteiger partial charge in [0.15, 0.2) is 0 Å². The highest BCUT2D eigenvalue weighted by molar-refractivity contribution is 6.92. The van der Waals surface area contributed by atoms with Crippen molar-refractivity contribution in [3.8, 4) is 22.3 Å². The van der Waals surface area contributed by atoms with Crippen LogP contribution >= 0.6 is 9.90 Å². The lowest BCUT2D eigenvalue weighted by atomic mass is 9.67. The minimum Gasteiger partial charge on any atom is -0.399 e. The molecule has 1 saturated heterocycles. The van der Waals surface area contributed by atoms with E-state index in [1.807, 2.05) is 13.8 Å². The summed E-state index contributed by atoms with van der Waals surface area (Å²) in [6, 6.07) is 38.1. The zero-order chi connectivity index (χ0) is 27.9. The Morgan fingerprint density at radius 2 is 0.927 bits per heavy atom. The molecule has 1 fully saturated rings. The van der Waals surface area contributed by atoms with Crippen molar-refractivity contribution in [2.24, 2.45) is 0 Å². The van der Waals surface area contributed by atoms with Crippen molar-refractivity contribution in [3.05, 3.63) is 125 Å². The van der Waals surface area contributed by atoms with Crippen molar-refractivity contribution < 1.29 is 9.31 Å². The zero-order valence-electron chi connectivity index (χ0n) is 24.9. The van der Waals surface area contributed by atoms with E-state index in [0.717, 1.165) is 5.46 Å².